The molecule has 0 radical (unpaired) electrons. The van der Waals surface area contributed by atoms with Gasteiger partial charge >= 0.3 is 5.97 Å². The number of hydrogen-bond acceptors (Lipinski definition) is 5. The van der Waals surface area contributed by atoms with Crippen molar-refractivity contribution in [2.45, 2.75) is 39.7 Å². The molecule has 2 atom stereocenters. The predicted molar refractivity (Wildman–Crippen MR) is 84.1 cm³/mol. The molecule has 0 saturated heterocycles. The van der Waals surface area contributed by atoms with Crippen molar-refractivity contribution in [3.63, 3.8) is 0 Å². The number of amides is 1. The highest BCUT2D eigenvalue weighted by atomic mass is 32.2. The quantitative estimate of drug-likeness (QED) is 0.640. The topological polar surface area (TPSA) is 83.5 Å². The second kappa shape index (κ2) is 11.0. The molecule has 0 aromatic heterocycles. The molecule has 5 nitrogen and oxygen atoms in total. The molecule has 2 N–H and O–H groups in total. The zero-order valence-electron chi connectivity index (χ0n) is 12.2. The molecule has 1 unspecified atom stereocenters. The Hall–Kier alpha value is -0.690. The molecule has 0 aromatic rings. The largest absolute Gasteiger partial charge is 0.480 e. The van der Waals surface area contributed by atoms with E-state index in [0.717, 1.165) is 23.9 Å². The maximum atomic E-state index is 12.1. The number of carboxylic acids is 1. The molecule has 0 aliphatic rings. The van der Waals surface area contributed by atoms with Crippen molar-refractivity contribution in [1.82, 2.24) is 5.32 Å². The number of nitrogens with one attached hydrogen (secondary N) is 1. The minimum atomic E-state index is -1.02. The molecule has 0 fully saturated rings. The smallest absolute Gasteiger partial charge is 0.327 e. The fraction of sp³-hybridized carbons (Fsp3) is 0.769. The molecule has 0 aromatic carbocycles. The Bertz CT molecular complexity index is 336. The normalized spacial score (nSPS) is 13.6. The molecular formula is C13H23NO4S2. The molecular weight excluding hydrogens is 298 g/mol. The number of aliphatic carboxylic acids is 1. The summed E-state index contributed by atoms with van der Waals surface area (Å²) in [6.45, 7) is 5.36. The van der Waals surface area contributed by atoms with Crippen LogP contribution in [0.4, 0.5) is 0 Å². The minimum Gasteiger partial charge on any atom is -0.480 e. The Labute approximate surface area is 128 Å². The number of carbonyl (C=O) groups excluding carboxylic acids is 2. The predicted octanol–water partition coefficient (Wildman–Crippen LogP) is 2.00. The lowest BCUT2D eigenvalue weighted by Gasteiger charge is -2.19. The van der Waals surface area contributed by atoms with Crippen LogP contribution in [0.25, 0.3) is 0 Å². The summed E-state index contributed by atoms with van der Waals surface area (Å²) < 4.78 is 0. The summed E-state index contributed by atoms with van der Waals surface area (Å²) in [5, 5.41) is 11.6. The first kappa shape index (κ1) is 19.3. The number of rotatable bonds is 10. The van der Waals surface area contributed by atoms with E-state index >= 15 is 0 Å². The second-order valence-corrected chi connectivity index (χ2v) is 6.86. The van der Waals surface area contributed by atoms with Gasteiger partial charge in [-0.05, 0) is 12.2 Å². The summed E-state index contributed by atoms with van der Waals surface area (Å²) in [4.78, 5) is 34.2. The van der Waals surface area contributed by atoms with Gasteiger partial charge in [-0.2, -0.15) is 11.8 Å². The summed E-state index contributed by atoms with van der Waals surface area (Å²) in [5.74, 6) is -0.0441. The lowest BCUT2D eigenvalue weighted by molar-refractivity contribution is -0.141. The van der Waals surface area contributed by atoms with E-state index < -0.39 is 12.0 Å². The van der Waals surface area contributed by atoms with Crippen LogP contribution in [0.2, 0.25) is 0 Å². The summed E-state index contributed by atoms with van der Waals surface area (Å²) in [6, 6.07) is -0.867. The highest BCUT2D eigenvalue weighted by Gasteiger charge is 2.25. The van der Waals surface area contributed by atoms with E-state index in [9.17, 15) is 14.4 Å². The first-order chi connectivity index (χ1) is 9.42. The number of carboxylic acid groups (broad SMARTS) is 1. The first-order valence-electron chi connectivity index (χ1n) is 6.66. The van der Waals surface area contributed by atoms with E-state index in [2.05, 4.69) is 5.32 Å². The first-order valence-corrected chi connectivity index (χ1v) is 8.80. The van der Waals surface area contributed by atoms with Crippen molar-refractivity contribution >= 4 is 40.5 Å². The van der Waals surface area contributed by atoms with Crippen molar-refractivity contribution in [2.75, 3.05) is 17.3 Å². The van der Waals surface area contributed by atoms with Gasteiger partial charge in [-0.1, -0.05) is 32.0 Å². The van der Waals surface area contributed by atoms with Crippen LogP contribution in [0.1, 0.15) is 33.6 Å². The van der Waals surface area contributed by atoms with E-state index in [1.807, 2.05) is 13.8 Å². The minimum absolute atomic E-state index is 0.0322. The SMILES string of the molecule is CCCC(CSC(C)=O)C(=O)N[C@@H](CSCC)C(=O)O. The molecule has 0 rings (SSSR count). The van der Waals surface area contributed by atoms with E-state index in [4.69, 9.17) is 5.11 Å². The Morgan fingerprint density at radius 2 is 1.85 bits per heavy atom. The third-order valence-corrected chi connectivity index (χ3v) is 4.55. The van der Waals surface area contributed by atoms with Crippen LogP contribution in [0, 0.1) is 5.92 Å². The number of thioether (sulfide) groups is 2. The van der Waals surface area contributed by atoms with Gasteiger partial charge in [-0.3, -0.25) is 9.59 Å². The van der Waals surface area contributed by atoms with Gasteiger partial charge in [-0.15, -0.1) is 0 Å². The fourth-order valence-electron chi connectivity index (χ4n) is 1.56. The third-order valence-electron chi connectivity index (χ3n) is 2.60. The molecule has 0 spiro atoms. The monoisotopic (exact) mass is 321 g/mol. The van der Waals surface area contributed by atoms with E-state index in [1.165, 1.54) is 18.7 Å². The standard InChI is InChI=1S/C13H23NO4S2/c1-4-6-10(7-20-9(3)15)12(16)14-11(13(17)18)8-19-5-2/h10-11H,4-8H2,1-3H3,(H,14,16)(H,17,18)/t10?,11-/m0/s1. The lowest BCUT2D eigenvalue weighted by Crippen LogP contribution is -2.45. The van der Waals surface area contributed by atoms with Gasteiger partial charge in [0.2, 0.25) is 5.91 Å². The number of carbonyl (C=O) groups is 3. The molecule has 116 valence electrons. The maximum Gasteiger partial charge on any atom is 0.327 e. The van der Waals surface area contributed by atoms with Crippen LogP contribution in [0.3, 0.4) is 0 Å². The molecule has 20 heavy (non-hydrogen) atoms. The van der Waals surface area contributed by atoms with Crippen LogP contribution in [0.5, 0.6) is 0 Å². The zero-order chi connectivity index (χ0) is 15.5. The van der Waals surface area contributed by atoms with Gasteiger partial charge in [0.15, 0.2) is 5.12 Å². The van der Waals surface area contributed by atoms with Crippen molar-refractivity contribution in [1.29, 1.82) is 0 Å². The Balaban J connectivity index is 4.52. The van der Waals surface area contributed by atoms with Crippen LogP contribution >= 0.6 is 23.5 Å². The van der Waals surface area contributed by atoms with Crippen LogP contribution < -0.4 is 5.32 Å². The van der Waals surface area contributed by atoms with Gasteiger partial charge in [0.25, 0.3) is 0 Å². The van der Waals surface area contributed by atoms with Crippen molar-refractivity contribution in [3.8, 4) is 0 Å². The maximum absolute atomic E-state index is 12.1. The zero-order valence-corrected chi connectivity index (χ0v) is 13.8. The van der Waals surface area contributed by atoms with Crippen molar-refractivity contribution in [3.05, 3.63) is 0 Å². The summed E-state index contributed by atoms with van der Waals surface area (Å²) in [6.07, 6.45) is 1.47. The van der Waals surface area contributed by atoms with Gasteiger partial charge in [0.05, 0.1) is 0 Å². The van der Waals surface area contributed by atoms with Gasteiger partial charge in [0, 0.05) is 24.3 Å². The van der Waals surface area contributed by atoms with E-state index in [1.54, 1.807) is 0 Å². The second-order valence-electron chi connectivity index (χ2n) is 4.35. The Morgan fingerprint density at radius 1 is 1.20 bits per heavy atom. The average molecular weight is 321 g/mol. The van der Waals surface area contributed by atoms with Gasteiger partial charge < -0.3 is 10.4 Å². The molecule has 7 heteroatoms. The average Bonchev–Trinajstić information content (AvgIpc) is 2.38. The van der Waals surface area contributed by atoms with Crippen LogP contribution in [-0.2, 0) is 14.4 Å². The summed E-state index contributed by atoms with van der Waals surface area (Å²) in [5.41, 5.74) is 0. The fourth-order valence-corrected chi connectivity index (χ4v) is 3.01. The molecule has 1 amide bonds. The summed E-state index contributed by atoms with van der Waals surface area (Å²) in [7, 11) is 0. The molecule has 0 aliphatic heterocycles. The molecule has 0 saturated carbocycles. The van der Waals surface area contributed by atoms with E-state index in [-0.39, 0.29) is 16.9 Å². The third kappa shape index (κ3) is 8.47. The number of hydrogen-bond donors (Lipinski definition) is 2. The molecule has 0 aliphatic carbocycles. The van der Waals surface area contributed by atoms with Crippen LogP contribution in [0.15, 0.2) is 0 Å². The molecule has 0 bridgehead atoms. The highest BCUT2D eigenvalue weighted by molar-refractivity contribution is 8.13. The van der Waals surface area contributed by atoms with Crippen molar-refractivity contribution in [2.24, 2.45) is 5.92 Å². The van der Waals surface area contributed by atoms with Gasteiger partial charge in [-0.25, -0.2) is 4.79 Å². The van der Waals surface area contributed by atoms with Gasteiger partial charge in [0.1, 0.15) is 6.04 Å². The Kier molecular flexibility index (Phi) is 10.6. The van der Waals surface area contributed by atoms with E-state index in [0.29, 0.717) is 17.9 Å². The highest BCUT2D eigenvalue weighted by Crippen LogP contribution is 2.16. The molecule has 0 heterocycles. The lowest BCUT2D eigenvalue weighted by atomic mass is 10.0. The summed E-state index contributed by atoms with van der Waals surface area (Å²) >= 11 is 2.58. The van der Waals surface area contributed by atoms with Crippen LogP contribution in [-0.4, -0.2) is 45.4 Å². The Morgan fingerprint density at radius 3 is 2.30 bits per heavy atom. The van der Waals surface area contributed by atoms with Crippen molar-refractivity contribution < 1.29 is 19.5 Å².